The van der Waals surface area contributed by atoms with E-state index in [1.807, 2.05) is 24.3 Å². The third-order valence-corrected chi connectivity index (χ3v) is 4.93. The molecule has 3 aromatic heterocycles. The van der Waals surface area contributed by atoms with Gasteiger partial charge in [-0.3, -0.25) is 9.55 Å². The van der Waals surface area contributed by atoms with Crippen LogP contribution in [0.2, 0.25) is 0 Å². The molecule has 5 aromatic rings. The summed E-state index contributed by atoms with van der Waals surface area (Å²) in [5, 5.41) is 5.50. The summed E-state index contributed by atoms with van der Waals surface area (Å²) in [5.74, 6) is 0.115. The lowest BCUT2D eigenvalue weighted by Gasteiger charge is -2.04. The number of aromatic amines is 1. The number of imidazole rings is 1. The largest absolute Gasteiger partial charge is 0.382 e. The minimum Gasteiger partial charge on any atom is -0.382 e. The zero-order valence-electron chi connectivity index (χ0n) is 15.4. The molecule has 8 nitrogen and oxygen atoms in total. The monoisotopic (exact) mass is 389 g/mol. The summed E-state index contributed by atoms with van der Waals surface area (Å²) in [7, 11) is 1.59. The molecule has 3 heterocycles. The molecule has 2 aromatic carbocycles. The first kappa shape index (κ1) is 17.1. The van der Waals surface area contributed by atoms with E-state index in [1.54, 1.807) is 29.9 Å². The zero-order chi connectivity index (χ0) is 20.1. The molecule has 0 saturated carbocycles. The number of nitrogens with one attached hydrogen (secondary N) is 1. The Bertz CT molecular complexity index is 1450. The minimum absolute atomic E-state index is 0.168. The number of nitrogens with zero attached hydrogens (tertiary/aromatic N) is 5. The summed E-state index contributed by atoms with van der Waals surface area (Å²) in [6.45, 7) is 0. The van der Waals surface area contributed by atoms with Gasteiger partial charge in [-0.2, -0.15) is 19.7 Å². The number of hydrogen-bond donors (Lipinski definition) is 2. The van der Waals surface area contributed by atoms with Gasteiger partial charge >= 0.3 is 5.69 Å². The number of para-hydroxylation sites is 1. The molecule has 29 heavy (non-hydrogen) atoms. The third kappa shape index (κ3) is 2.66. The molecule has 0 fully saturated rings. The van der Waals surface area contributed by atoms with E-state index in [1.165, 1.54) is 10.6 Å². The second kappa shape index (κ2) is 6.26. The SMILES string of the molecule is Cn1c(=O)[nH]c2nc(-n3nc(Cc4ccccc4F)c4ccccc43)nc(N)c21. The van der Waals surface area contributed by atoms with Gasteiger partial charge in [0, 0.05) is 18.9 Å². The van der Waals surface area contributed by atoms with Crippen LogP contribution < -0.4 is 11.4 Å². The molecule has 5 rings (SSSR count). The first-order valence-corrected chi connectivity index (χ1v) is 8.95. The van der Waals surface area contributed by atoms with E-state index >= 15 is 0 Å². The van der Waals surface area contributed by atoms with Crippen molar-refractivity contribution in [3.63, 3.8) is 0 Å². The van der Waals surface area contributed by atoms with Gasteiger partial charge in [0.2, 0.25) is 0 Å². The number of H-pyrrole nitrogens is 1. The van der Waals surface area contributed by atoms with Crippen LogP contribution in [0, 0.1) is 5.82 Å². The highest BCUT2D eigenvalue weighted by atomic mass is 19.1. The number of fused-ring (bicyclic) bond motifs is 2. The van der Waals surface area contributed by atoms with Gasteiger partial charge in [0.1, 0.15) is 11.3 Å². The lowest BCUT2D eigenvalue weighted by molar-refractivity contribution is 0.613. The summed E-state index contributed by atoms with van der Waals surface area (Å²) in [6.07, 6.45) is 0.320. The second-order valence-corrected chi connectivity index (χ2v) is 6.74. The average molecular weight is 389 g/mol. The predicted molar refractivity (Wildman–Crippen MR) is 107 cm³/mol. The fourth-order valence-electron chi connectivity index (χ4n) is 3.50. The van der Waals surface area contributed by atoms with Gasteiger partial charge in [-0.25, -0.2) is 9.18 Å². The van der Waals surface area contributed by atoms with E-state index in [9.17, 15) is 9.18 Å². The first-order chi connectivity index (χ1) is 14.0. The van der Waals surface area contributed by atoms with Crippen LogP contribution in [0.3, 0.4) is 0 Å². The van der Waals surface area contributed by atoms with Crippen molar-refractivity contribution in [3.8, 4) is 5.95 Å². The van der Waals surface area contributed by atoms with E-state index in [0.29, 0.717) is 28.8 Å². The number of nitrogen functional groups attached to an aromatic ring is 1. The van der Waals surface area contributed by atoms with E-state index in [4.69, 9.17) is 5.73 Å². The molecule has 3 N–H and O–H groups in total. The Labute approximate surface area is 163 Å². The van der Waals surface area contributed by atoms with E-state index in [-0.39, 0.29) is 23.3 Å². The van der Waals surface area contributed by atoms with Crippen molar-refractivity contribution in [2.75, 3.05) is 5.73 Å². The maximum Gasteiger partial charge on any atom is 0.327 e. The Hall–Kier alpha value is -4.01. The molecule has 0 radical (unpaired) electrons. The molecular formula is C20H16FN7O. The topological polar surface area (TPSA) is 107 Å². The lowest BCUT2D eigenvalue weighted by atomic mass is 10.1. The maximum atomic E-state index is 14.2. The standard InChI is InChI=1S/C20H16FN7O/c1-27-16-17(22)23-19(24-18(16)25-20(27)29)28-15-9-5-3-7-12(15)14(26-28)10-11-6-2-4-8-13(11)21/h2-9H,10H2,1H3,(H3,22,23,24,25,29). The van der Waals surface area contributed by atoms with Crippen molar-refractivity contribution in [3.05, 3.63) is 76.1 Å². The highest BCUT2D eigenvalue weighted by Crippen LogP contribution is 2.25. The molecule has 0 atom stereocenters. The Kier molecular flexibility index (Phi) is 3.70. The number of aromatic nitrogens is 6. The number of rotatable bonds is 3. The van der Waals surface area contributed by atoms with E-state index in [2.05, 4.69) is 20.1 Å². The first-order valence-electron chi connectivity index (χ1n) is 8.95. The van der Waals surface area contributed by atoms with Gasteiger partial charge in [-0.05, 0) is 17.7 Å². The van der Waals surface area contributed by atoms with E-state index in [0.717, 1.165) is 10.9 Å². The van der Waals surface area contributed by atoms with Crippen molar-refractivity contribution < 1.29 is 4.39 Å². The number of hydrogen-bond acceptors (Lipinski definition) is 5. The van der Waals surface area contributed by atoms with Gasteiger partial charge in [-0.1, -0.05) is 36.4 Å². The number of anilines is 1. The Morgan fingerprint density at radius 3 is 2.69 bits per heavy atom. The summed E-state index contributed by atoms with van der Waals surface area (Å²) < 4.78 is 17.1. The van der Waals surface area contributed by atoms with Gasteiger partial charge in [0.15, 0.2) is 11.5 Å². The van der Waals surface area contributed by atoms with Gasteiger partial charge < -0.3 is 5.73 Å². The van der Waals surface area contributed by atoms with Crippen LogP contribution in [-0.2, 0) is 13.5 Å². The molecule has 9 heteroatoms. The quantitative estimate of drug-likeness (QED) is 0.492. The van der Waals surface area contributed by atoms with Gasteiger partial charge in [0.25, 0.3) is 5.95 Å². The molecule has 0 aliphatic carbocycles. The molecule has 0 saturated heterocycles. The predicted octanol–water partition coefficient (Wildman–Crippen LogP) is 2.31. The average Bonchev–Trinajstić information content (AvgIpc) is 3.21. The molecule has 0 amide bonds. The van der Waals surface area contributed by atoms with Crippen molar-refractivity contribution in [1.29, 1.82) is 0 Å². The Morgan fingerprint density at radius 2 is 1.86 bits per heavy atom. The number of benzene rings is 2. The number of aryl methyl sites for hydroxylation is 1. The molecule has 0 unspecified atom stereocenters. The number of nitrogens with two attached hydrogens (primary N) is 1. The summed E-state index contributed by atoms with van der Waals surface area (Å²) in [4.78, 5) is 23.4. The second-order valence-electron chi connectivity index (χ2n) is 6.74. The Morgan fingerprint density at radius 1 is 1.10 bits per heavy atom. The molecule has 0 aliphatic rings. The van der Waals surface area contributed by atoms with Crippen molar-refractivity contribution in [2.45, 2.75) is 6.42 Å². The van der Waals surface area contributed by atoms with Crippen LogP contribution >= 0.6 is 0 Å². The summed E-state index contributed by atoms with van der Waals surface area (Å²) in [5.41, 5.74) is 8.51. The fourth-order valence-corrected chi connectivity index (χ4v) is 3.50. The summed E-state index contributed by atoms with van der Waals surface area (Å²) >= 11 is 0. The molecule has 144 valence electrons. The van der Waals surface area contributed by atoms with Crippen molar-refractivity contribution >= 4 is 27.9 Å². The van der Waals surface area contributed by atoms with Gasteiger partial charge in [-0.15, -0.1) is 0 Å². The third-order valence-electron chi connectivity index (χ3n) is 4.93. The highest BCUT2D eigenvalue weighted by Gasteiger charge is 2.18. The summed E-state index contributed by atoms with van der Waals surface area (Å²) in [6, 6.07) is 14.2. The van der Waals surface area contributed by atoms with Crippen molar-refractivity contribution in [1.82, 2.24) is 29.3 Å². The van der Waals surface area contributed by atoms with Crippen LogP contribution in [0.25, 0.3) is 28.0 Å². The fraction of sp³-hybridized carbons (Fsp3) is 0.100. The van der Waals surface area contributed by atoms with Crippen LogP contribution in [-0.4, -0.2) is 29.3 Å². The zero-order valence-corrected chi connectivity index (χ0v) is 15.4. The van der Waals surface area contributed by atoms with Crippen LogP contribution in [0.5, 0.6) is 0 Å². The Balaban J connectivity index is 1.71. The minimum atomic E-state index is -0.330. The maximum absolute atomic E-state index is 14.2. The molecule has 0 spiro atoms. The lowest BCUT2D eigenvalue weighted by Crippen LogP contribution is -2.12. The smallest absolute Gasteiger partial charge is 0.327 e. The molecule has 0 bridgehead atoms. The van der Waals surface area contributed by atoms with Crippen LogP contribution in [0.1, 0.15) is 11.3 Å². The molecule has 0 aliphatic heterocycles. The van der Waals surface area contributed by atoms with Crippen LogP contribution in [0.4, 0.5) is 10.2 Å². The normalized spacial score (nSPS) is 11.5. The van der Waals surface area contributed by atoms with Crippen molar-refractivity contribution in [2.24, 2.45) is 7.05 Å². The molecular weight excluding hydrogens is 373 g/mol. The van der Waals surface area contributed by atoms with E-state index < -0.39 is 0 Å². The highest BCUT2D eigenvalue weighted by molar-refractivity contribution is 5.85. The van der Waals surface area contributed by atoms with Crippen LogP contribution in [0.15, 0.2) is 53.3 Å². The number of halogens is 1. The van der Waals surface area contributed by atoms with Gasteiger partial charge in [0.05, 0.1) is 11.2 Å².